The van der Waals surface area contributed by atoms with Gasteiger partial charge in [-0.3, -0.25) is 14.2 Å². The Bertz CT molecular complexity index is 582. The lowest BCUT2D eigenvalue weighted by Crippen LogP contribution is -2.47. The van der Waals surface area contributed by atoms with Crippen molar-refractivity contribution in [2.24, 2.45) is 4.99 Å². The first kappa shape index (κ1) is 22.3. The average molecular weight is 478 g/mol. The van der Waals surface area contributed by atoms with E-state index >= 15 is 0 Å². The number of rotatable bonds is 6. The van der Waals surface area contributed by atoms with Crippen LogP contribution in [0.3, 0.4) is 0 Å². The summed E-state index contributed by atoms with van der Waals surface area (Å²) < 4.78 is 12.1. The van der Waals surface area contributed by atoms with Gasteiger partial charge in [0.25, 0.3) is 0 Å². The predicted octanol–water partition coefficient (Wildman–Crippen LogP) is 2.80. The molecule has 0 radical (unpaired) electrons. The molecule has 0 aromatic carbocycles. The summed E-state index contributed by atoms with van der Waals surface area (Å²) in [7, 11) is 1.11. The summed E-state index contributed by atoms with van der Waals surface area (Å²) in [5.74, 6) is 1.60. The van der Waals surface area contributed by atoms with Gasteiger partial charge in [-0.25, -0.2) is 0 Å². The predicted molar refractivity (Wildman–Crippen MR) is 117 cm³/mol. The first-order chi connectivity index (χ1) is 11.6. The summed E-state index contributed by atoms with van der Waals surface area (Å²) in [4.78, 5) is 8.46. The van der Waals surface area contributed by atoms with Crippen LogP contribution in [0.1, 0.15) is 43.7 Å². The number of nitrogens with zero attached hydrogens (tertiary/aromatic N) is 2. The van der Waals surface area contributed by atoms with E-state index in [0.717, 1.165) is 50.4 Å². The van der Waals surface area contributed by atoms with Crippen LogP contribution in [0.25, 0.3) is 0 Å². The van der Waals surface area contributed by atoms with Crippen molar-refractivity contribution in [2.45, 2.75) is 57.2 Å². The van der Waals surface area contributed by atoms with Gasteiger partial charge in [0.15, 0.2) is 5.96 Å². The second-order valence-electron chi connectivity index (χ2n) is 6.35. The molecule has 25 heavy (non-hydrogen) atoms. The van der Waals surface area contributed by atoms with Gasteiger partial charge >= 0.3 is 0 Å². The summed E-state index contributed by atoms with van der Waals surface area (Å²) >= 11 is 0. The Labute approximate surface area is 171 Å². The van der Waals surface area contributed by atoms with Crippen LogP contribution in [0.4, 0.5) is 0 Å². The zero-order valence-corrected chi connectivity index (χ0v) is 18.6. The highest BCUT2D eigenvalue weighted by molar-refractivity contribution is 14.0. The number of aryl methyl sites for hydroxylation is 1. The molecule has 3 unspecified atom stereocenters. The highest BCUT2D eigenvalue weighted by Gasteiger charge is 2.25. The summed E-state index contributed by atoms with van der Waals surface area (Å²) in [5.41, 5.74) is 2.53. The first-order valence-corrected chi connectivity index (χ1v) is 10.3. The molecule has 3 atom stereocenters. The number of hydrogen-bond acceptors (Lipinski definition) is 3. The Morgan fingerprint density at radius 1 is 1.44 bits per heavy atom. The molecule has 0 saturated heterocycles. The SMILES string of the molecule is CCS(=O)C1CCCC(NC(=NC)NCCc2ccncc2C)C1.I. The van der Waals surface area contributed by atoms with Crippen LogP contribution in [0, 0.1) is 6.92 Å². The van der Waals surface area contributed by atoms with E-state index in [1.54, 1.807) is 7.05 Å². The fourth-order valence-electron chi connectivity index (χ4n) is 3.24. The van der Waals surface area contributed by atoms with Crippen molar-refractivity contribution in [3.05, 3.63) is 29.6 Å². The standard InChI is InChI=1S/C18H30N4OS.HI/c1-4-24(23)17-7-5-6-16(12-17)22-18(19-3)21-11-9-15-8-10-20-13-14(15)2;/h8,10,13,16-17H,4-7,9,11-12H2,1-3H3,(H2,19,21,22);1H. The molecule has 0 amide bonds. The molecule has 5 nitrogen and oxygen atoms in total. The zero-order chi connectivity index (χ0) is 17.4. The zero-order valence-electron chi connectivity index (χ0n) is 15.5. The number of aromatic nitrogens is 1. The van der Waals surface area contributed by atoms with Gasteiger partial charge in [-0.2, -0.15) is 0 Å². The number of halogens is 1. The Morgan fingerprint density at radius 2 is 2.24 bits per heavy atom. The molecule has 1 aromatic heterocycles. The third-order valence-electron chi connectivity index (χ3n) is 4.67. The molecule has 2 rings (SSSR count). The molecule has 1 aliphatic carbocycles. The number of guanidine groups is 1. The summed E-state index contributed by atoms with van der Waals surface area (Å²) in [6, 6.07) is 2.44. The van der Waals surface area contributed by atoms with Gasteiger partial charge in [0, 0.05) is 53.8 Å². The van der Waals surface area contributed by atoms with Crippen LogP contribution in [0.2, 0.25) is 0 Å². The topological polar surface area (TPSA) is 66.4 Å². The van der Waals surface area contributed by atoms with Gasteiger partial charge in [0.1, 0.15) is 0 Å². The molecule has 0 bridgehead atoms. The van der Waals surface area contributed by atoms with E-state index in [2.05, 4.69) is 33.6 Å². The maximum absolute atomic E-state index is 12.1. The molecule has 1 aromatic rings. The fraction of sp³-hybridized carbons (Fsp3) is 0.667. The van der Waals surface area contributed by atoms with E-state index in [9.17, 15) is 4.21 Å². The minimum absolute atomic E-state index is 0. The van der Waals surface area contributed by atoms with E-state index in [-0.39, 0.29) is 24.0 Å². The van der Waals surface area contributed by atoms with E-state index in [1.165, 1.54) is 11.1 Å². The Hall–Kier alpha value is -0.700. The summed E-state index contributed by atoms with van der Waals surface area (Å²) in [5, 5.41) is 7.23. The molecule has 1 heterocycles. The molecule has 1 fully saturated rings. The van der Waals surface area contributed by atoms with Gasteiger partial charge < -0.3 is 10.6 Å². The molecule has 1 aliphatic rings. The van der Waals surface area contributed by atoms with Crippen molar-refractivity contribution in [3.8, 4) is 0 Å². The van der Waals surface area contributed by atoms with E-state index in [4.69, 9.17) is 0 Å². The minimum Gasteiger partial charge on any atom is -0.356 e. The largest absolute Gasteiger partial charge is 0.356 e. The van der Waals surface area contributed by atoms with E-state index in [0.29, 0.717) is 11.3 Å². The Morgan fingerprint density at radius 3 is 2.92 bits per heavy atom. The Kier molecular flexibility index (Phi) is 10.6. The van der Waals surface area contributed by atoms with Crippen molar-refractivity contribution in [3.63, 3.8) is 0 Å². The van der Waals surface area contributed by atoms with Crippen molar-refractivity contribution >= 4 is 40.7 Å². The number of hydrogen-bond donors (Lipinski definition) is 2. The smallest absolute Gasteiger partial charge is 0.191 e. The van der Waals surface area contributed by atoms with Crippen LogP contribution in [0.15, 0.2) is 23.5 Å². The van der Waals surface area contributed by atoms with Crippen molar-refractivity contribution in [1.29, 1.82) is 0 Å². The highest BCUT2D eigenvalue weighted by atomic mass is 127. The van der Waals surface area contributed by atoms with Gasteiger partial charge in [0.05, 0.1) is 0 Å². The lowest BCUT2D eigenvalue weighted by atomic mass is 9.95. The second kappa shape index (κ2) is 11.8. The second-order valence-corrected chi connectivity index (χ2v) is 8.36. The number of nitrogens with one attached hydrogen (secondary N) is 2. The molecule has 1 saturated carbocycles. The van der Waals surface area contributed by atoms with Crippen molar-refractivity contribution < 1.29 is 4.21 Å². The van der Waals surface area contributed by atoms with Crippen molar-refractivity contribution in [1.82, 2.24) is 15.6 Å². The maximum Gasteiger partial charge on any atom is 0.191 e. The van der Waals surface area contributed by atoms with Crippen LogP contribution in [-0.2, 0) is 17.2 Å². The molecule has 0 spiro atoms. The fourth-order valence-corrected chi connectivity index (χ4v) is 4.58. The lowest BCUT2D eigenvalue weighted by Gasteiger charge is -2.30. The average Bonchev–Trinajstić information content (AvgIpc) is 2.62. The molecular formula is C18H31IN4OS. The number of pyridine rings is 1. The van der Waals surface area contributed by atoms with Gasteiger partial charge in [-0.05, 0) is 49.8 Å². The number of aliphatic imine (C=N–C) groups is 1. The molecule has 0 aliphatic heterocycles. The Balaban J connectivity index is 0.00000312. The van der Waals surface area contributed by atoms with Crippen LogP contribution < -0.4 is 10.6 Å². The van der Waals surface area contributed by atoms with Crippen LogP contribution >= 0.6 is 24.0 Å². The lowest BCUT2D eigenvalue weighted by molar-refractivity contribution is 0.413. The first-order valence-electron chi connectivity index (χ1n) is 8.87. The maximum atomic E-state index is 12.1. The third kappa shape index (κ3) is 7.21. The molecular weight excluding hydrogens is 447 g/mol. The van der Waals surface area contributed by atoms with Gasteiger partial charge in [0.2, 0.25) is 0 Å². The molecule has 7 heteroatoms. The highest BCUT2D eigenvalue weighted by Crippen LogP contribution is 2.22. The minimum atomic E-state index is -0.690. The molecule has 142 valence electrons. The van der Waals surface area contributed by atoms with Crippen molar-refractivity contribution in [2.75, 3.05) is 19.3 Å². The summed E-state index contributed by atoms with van der Waals surface area (Å²) in [6.07, 6.45) is 9.02. The summed E-state index contributed by atoms with van der Waals surface area (Å²) in [6.45, 7) is 4.93. The molecule has 2 N–H and O–H groups in total. The van der Waals surface area contributed by atoms with E-state index in [1.807, 2.05) is 19.3 Å². The van der Waals surface area contributed by atoms with E-state index < -0.39 is 10.8 Å². The van der Waals surface area contributed by atoms with Gasteiger partial charge in [-0.1, -0.05) is 13.3 Å². The van der Waals surface area contributed by atoms with Crippen LogP contribution in [-0.4, -0.2) is 45.8 Å². The van der Waals surface area contributed by atoms with Crippen LogP contribution in [0.5, 0.6) is 0 Å². The van der Waals surface area contributed by atoms with Gasteiger partial charge in [-0.15, -0.1) is 24.0 Å². The monoisotopic (exact) mass is 478 g/mol. The third-order valence-corrected chi connectivity index (χ3v) is 6.41. The normalized spacial score (nSPS) is 22.0. The quantitative estimate of drug-likeness (QED) is 0.375.